The van der Waals surface area contributed by atoms with Gasteiger partial charge in [-0.15, -0.1) is 0 Å². The van der Waals surface area contributed by atoms with Gasteiger partial charge in [0, 0.05) is 19.2 Å². The molecule has 0 unspecified atom stereocenters. The van der Waals surface area contributed by atoms with E-state index in [9.17, 15) is 0 Å². The Bertz CT molecular complexity index is 404. The first kappa shape index (κ1) is 21.1. The van der Waals surface area contributed by atoms with Gasteiger partial charge < -0.3 is 20.4 Å². The van der Waals surface area contributed by atoms with Gasteiger partial charge in [-0.25, -0.2) is 0 Å². The number of aryl methyl sites for hydroxylation is 2. The van der Waals surface area contributed by atoms with Crippen LogP contribution in [-0.2, 0) is 0 Å². The summed E-state index contributed by atoms with van der Waals surface area (Å²) in [6.45, 7) is 8.97. The summed E-state index contributed by atoms with van der Waals surface area (Å²) in [7, 11) is -1.35. The van der Waals surface area contributed by atoms with E-state index in [0.717, 1.165) is 37.1 Å². The van der Waals surface area contributed by atoms with Gasteiger partial charge in [-0.1, -0.05) is 35.7 Å². The molecule has 0 bridgehead atoms. The molecule has 6 heteroatoms. The molecule has 22 heavy (non-hydrogen) atoms. The molecule has 0 radical (unpaired) electrons. The molecule has 126 valence electrons. The van der Waals surface area contributed by atoms with Gasteiger partial charge in [0.25, 0.3) is 0 Å². The molecule has 1 heterocycles. The molecule has 0 aliphatic carbocycles. The van der Waals surface area contributed by atoms with Crippen molar-refractivity contribution >= 4 is 12.6 Å². The molecule has 1 aliphatic heterocycles. The molecule has 1 aromatic rings. The second-order valence-electron chi connectivity index (χ2n) is 5.84. The van der Waals surface area contributed by atoms with Gasteiger partial charge in [0.2, 0.25) is 0 Å². The van der Waals surface area contributed by atoms with E-state index in [1.807, 2.05) is 26.0 Å². The lowest BCUT2D eigenvalue weighted by Gasteiger charge is -2.18. The minimum absolute atomic E-state index is 0.167. The molecule has 2 rings (SSSR count). The third-order valence-corrected chi connectivity index (χ3v) is 3.05. The molecule has 1 aliphatic rings. The van der Waals surface area contributed by atoms with Gasteiger partial charge in [-0.05, 0) is 46.0 Å². The Kier molecular flexibility index (Phi) is 11.1. The number of nitrogens with zero attached hydrogens (tertiary/aromatic N) is 1. The number of aliphatic hydroxyl groups is 1. The van der Waals surface area contributed by atoms with Crippen LogP contribution >= 0.6 is 0 Å². The first-order valence-electron chi connectivity index (χ1n) is 7.79. The van der Waals surface area contributed by atoms with Crippen LogP contribution in [0.2, 0.25) is 0 Å². The lowest BCUT2D eigenvalue weighted by molar-refractivity contribution is -0.103. The Balaban J connectivity index is 0.000000343. The van der Waals surface area contributed by atoms with Crippen molar-refractivity contribution in [2.45, 2.75) is 53.1 Å². The summed E-state index contributed by atoms with van der Waals surface area (Å²) in [4.78, 5) is 0. The summed E-state index contributed by atoms with van der Waals surface area (Å²) in [6, 6.07) is 5.60. The van der Waals surface area contributed by atoms with E-state index in [1.165, 1.54) is 11.5 Å². The lowest BCUT2D eigenvalue weighted by atomic mass is 9.77. The fourth-order valence-electron chi connectivity index (χ4n) is 1.92. The van der Waals surface area contributed by atoms with Crippen LogP contribution in [0.25, 0.3) is 0 Å². The van der Waals surface area contributed by atoms with Crippen molar-refractivity contribution in [2.75, 3.05) is 13.1 Å². The number of hydrogen-bond donors (Lipinski definition) is 4. The topological polar surface area (TPSA) is 84.2 Å². The maximum Gasteiger partial charge on any atom is 0.488 e. The van der Waals surface area contributed by atoms with Crippen molar-refractivity contribution in [3.63, 3.8) is 0 Å². The van der Waals surface area contributed by atoms with Gasteiger partial charge in [0.15, 0.2) is 0 Å². The van der Waals surface area contributed by atoms with Gasteiger partial charge in [0.05, 0.1) is 0 Å². The maximum absolute atomic E-state index is 8.88. The summed E-state index contributed by atoms with van der Waals surface area (Å²) in [5.74, 6) is 0. The van der Waals surface area contributed by atoms with Crippen molar-refractivity contribution in [1.82, 2.24) is 5.06 Å². The van der Waals surface area contributed by atoms with Crippen LogP contribution in [0.15, 0.2) is 18.2 Å². The minimum Gasteiger partial charge on any atom is -0.423 e. The summed E-state index contributed by atoms with van der Waals surface area (Å²) in [5.41, 5.74) is 2.54. The Morgan fingerprint density at radius 2 is 1.55 bits per heavy atom. The molecule has 1 saturated heterocycles. The quantitative estimate of drug-likeness (QED) is 0.586. The highest BCUT2D eigenvalue weighted by Gasteiger charge is 2.12. The number of hydrogen-bond acceptors (Lipinski definition) is 5. The molecular formula is C16H30BNO4. The highest BCUT2D eigenvalue weighted by Crippen LogP contribution is 2.04. The number of aliphatic hydroxyl groups excluding tert-OH is 1. The van der Waals surface area contributed by atoms with Crippen LogP contribution in [0, 0.1) is 13.8 Å². The zero-order valence-corrected chi connectivity index (χ0v) is 14.2. The van der Waals surface area contributed by atoms with Crippen molar-refractivity contribution < 1.29 is 20.4 Å². The molecule has 0 saturated carbocycles. The molecule has 1 aromatic carbocycles. The van der Waals surface area contributed by atoms with Crippen molar-refractivity contribution in [2.24, 2.45) is 0 Å². The Hall–Kier alpha value is -0.915. The Morgan fingerprint density at radius 3 is 1.86 bits per heavy atom. The standard InChI is InChI=1S/C8H11BO2.C5H11NO.C3H8O/c1-6-3-4-7(2)8(5-6)9(10)11;7-6-4-2-1-3-5-6;1-3(2)4/h3-5,10-11H,1-2H3;7H,1-5H2;3-4H,1-2H3. The van der Waals surface area contributed by atoms with Crippen molar-refractivity contribution in [1.29, 1.82) is 0 Å². The van der Waals surface area contributed by atoms with Crippen LogP contribution in [0.4, 0.5) is 0 Å². The average Bonchev–Trinajstić information content (AvgIpc) is 2.42. The molecular weight excluding hydrogens is 281 g/mol. The molecule has 0 atom stereocenters. The first-order valence-corrected chi connectivity index (χ1v) is 7.79. The zero-order chi connectivity index (χ0) is 17.1. The average molecular weight is 311 g/mol. The van der Waals surface area contributed by atoms with Gasteiger partial charge in [-0.2, -0.15) is 5.06 Å². The van der Waals surface area contributed by atoms with Gasteiger partial charge in [0.1, 0.15) is 0 Å². The van der Waals surface area contributed by atoms with E-state index in [-0.39, 0.29) is 6.10 Å². The fourth-order valence-corrected chi connectivity index (χ4v) is 1.92. The van der Waals surface area contributed by atoms with E-state index in [1.54, 1.807) is 19.9 Å². The SMILES string of the molecule is CC(C)O.Cc1ccc(C)c(B(O)O)c1.ON1CCCCC1. The van der Waals surface area contributed by atoms with Crippen LogP contribution in [0.3, 0.4) is 0 Å². The monoisotopic (exact) mass is 311 g/mol. The summed E-state index contributed by atoms with van der Waals surface area (Å²) >= 11 is 0. The fraction of sp³-hybridized carbons (Fsp3) is 0.625. The highest BCUT2D eigenvalue weighted by molar-refractivity contribution is 6.59. The lowest BCUT2D eigenvalue weighted by Crippen LogP contribution is -2.32. The van der Waals surface area contributed by atoms with Crippen LogP contribution in [0.5, 0.6) is 0 Å². The van der Waals surface area contributed by atoms with Crippen LogP contribution in [0.1, 0.15) is 44.2 Å². The van der Waals surface area contributed by atoms with Crippen molar-refractivity contribution in [3.05, 3.63) is 29.3 Å². The first-order chi connectivity index (χ1) is 10.2. The molecule has 0 spiro atoms. The van der Waals surface area contributed by atoms with Crippen LogP contribution < -0.4 is 5.46 Å². The number of rotatable bonds is 1. The third-order valence-electron chi connectivity index (χ3n) is 3.05. The smallest absolute Gasteiger partial charge is 0.423 e. The highest BCUT2D eigenvalue weighted by atomic mass is 16.5. The predicted molar refractivity (Wildman–Crippen MR) is 90.3 cm³/mol. The van der Waals surface area contributed by atoms with Gasteiger partial charge in [-0.3, -0.25) is 0 Å². The largest absolute Gasteiger partial charge is 0.488 e. The number of piperidine rings is 1. The van der Waals surface area contributed by atoms with Crippen molar-refractivity contribution in [3.8, 4) is 0 Å². The summed E-state index contributed by atoms with van der Waals surface area (Å²) < 4.78 is 0. The molecule has 5 nitrogen and oxygen atoms in total. The maximum atomic E-state index is 8.88. The molecule has 0 aromatic heterocycles. The van der Waals surface area contributed by atoms with E-state index >= 15 is 0 Å². The molecule has 4 N–H and O–H groups in total. The van der Waals surface area contributed by atoms with E-state index in [4.69, 9.17) is 20.4 Å². The summed E-state index contributed by atoms with van der Waals surface area (Å²) in [6.07, 6.45) is 3.45. The van der Waals surface area contributed by atoms with E-state index in [0.29, 0.717) is 5.46 Å². The van der Waals surface area contributed by atoms with Gasteiger partial charge >= 0.3 is 7.12 Å². The number of benzene rings is 1. The predicted octanol–water partition coefficient (Wildman–Crippen LogP) is 1.23. The normalized spacial score (nSPS) is 14.6. The third kappa shape index (κ3) is 10.8. The summed E-state index contributed by atoms with van der Waals surface area (Å²) in [5, 5.41) is 36.0. The number of hydroxylamine groups is 2. The molecule has 1 fully saturated rings. The zero-order valence-electron chi connectivity index (χ0n) is 14.2. The van der Waals surface area contributed by atoms with Crippen LogP contribution in [-0.4, -0.2) is 51.7 Å². The Morgan fingerprint density at radius 1 is 1.05 bits per heavy atom. The molecule has 0 amide bonds. The second kappa shape index (κ2) is 11.6. The second-order valence-corrected chi connectivity index (χ2v) is 5.84. The van der Waals surface area contributed by atoms with E-state index in [2.05, 4.69) is 0 Å². The van der Waals surface area contributed by atoms with E-state index < -0.39 is 7.12 Å². The Labute approximate surface area is 134 Å². The minimum atomic E-state index is -1.35.